The number of H-pyrrole nitrogens is 1. The van der Waals surface area contributed by atoms with Crippen LogP contribution in [0.2, 0.25) is 0 Å². The number of piperidine rings is 1. The van der Waals surface area contributed by atoms with E-state index >= 15 is 0 Å². The van der Waals surface area contributed by atoms with Crippen LogP contribution in [0.3, 0.4) is 0 Å². The van der Waals surface area contributed by atoms with Crippen LogP contribution in [-0.2, 0) is 19.7 Å². The van der Waals surface area contributed by atoms with Gasteiger partial charge in [0, 0.05) is 30.8 Å². The molecule has 1 saturated carbocycles. The number of carboxylic acids is 1. The number of anilines is 2. The van der Waals surface area contributed by atoms with E-state index in [0.29, 0.717) is 29.9 Å². The first-order valence-corrected chi connectivity index (χ1v) is 12.5. The summed E-state index contributed by atoms with van der Waals surface area (Å²) in [6, 6.07) is 10.9. The Labute approximate surface area is 196 Å². The average Bonchev–Trinajstić information content (AvgIpc) is 3.60. The minimum Gasteiger partial charge on any atom is -0.481 e. The Hall–Kier alpha value is -3.60. The van der Waals surface area contributed by atoms with Crippen molar-refractivity contribution in [3.63, 3.8) is 0 Å². The monoisotopic (exact) mass is 484 g/mol. The van der Waals surface area contributed by atoms with Crippen LogP contribution < -0.4 is 14.4 Å². The number of carbonyl (C=O) groups excluding carboxylic acids is 1. The van der Waals surface area contributed by atoms with Gasteiger partial charge in [-0.15, -0.1) is 0 Å². The molecule has 11 heteroatoms. The first-order valence-electron chi connectivity index (χ1n) is 11.1. The van der Waals surface area contributed by atoms with Gasteiger partial charge in [0.25, 0.3) is 0 Å². The molecular formula is C23H24N4O6S. The van der Waals surface area contributed by atoms with E-state index in [2.05, 4.69) is 15.3 Å². The molecule has 2 aliphatic rings. The molecule has 2 heterocycles. The maximum Gasteiger partial charge on any atom is 0.339 e. The minimum atomic E-state index is -4.09. The molecule has 1 unspecified atom stereocenters. The zero-order valence-electron chi connectivity index (χ0n) is 18.2. The number of aromatic nitrogens is 2. The molecule has 2 fully saturated rings. The lowest BCUT2D eigenvalue weighted by Crippen LogP contribution is -2.38. The number of carbonyl (C=O) groups is 2. The molecule has 0 spiro atoms. The number of fused-ring (bicyclic) bond motifs is 1. The average molecular weight is 485 g/mol. The molecule has 34 heavy (non-hydrogen) atoms. The van der Waals surface area contributed by atoms with Gasteiger partial charge in [0.1, 0.15) is 10.6 Å². The van der Waals surface area contributed by atoms with Crippen LogP contribution in [0.15, 0.2) is 47.4 Å². The molecule has 0 bridgehead atoms. The highest BCUT2D eigenvalue weighted by Gasteiger charge is 2.30. The van der Waals surface area contributed by atoms with Gasteiger partial charge < -0.3 is 19.2 Å². The van der Waals surface area contributed by atoms with Crippen molar-refractivity contribution >= 4 is 44.7 Å². The van der Waals surface area contributed by atoms with Gasteiger partial charge in [-0.05, 0) is 62.1 Å². The van der Waals surface area contributed by atoms with Crippen molar-refractivity contribution in [1.29, 1.82) is 0 Å². The van der Waals surface area contributed by atoms with E-state index in [1.54, 1.807) is 18.2 Å². The van der Waals surface area contributed by atoms with Gasteiger partial charge in [-0.3, -0.25) is 14.9 Å². The SMILES string of the molecule is O=C(O)C1CCCN(c2ccc(S(=O)(=O)Oc3ccc4[nH]c(NC(=O)C5CC5)nc4c3)cc2)C1. The number of nitrogens with one attached hydrogen (secondary N) is 2. The van der Waals surface area contributed by atoms with Crippen molar-refractivity contribution in [1.82, 2.24) is 9.97 Å². The molecule has 3 aromatic rings. The molecule has 1 atom stereocenters. The van der Waals surface area contributed by atoms with Crippen LogP contribution >= 0.6 is 0 Å². The van der Waals surface area contributed by atoms with Crippen molar-refractivity contribution < 1.29 is 27.3 Å². The highest BCUT2D eigenvalue weighted by molar-refractivity contribution is 7.87. The summed E-state index contributed by atoms with van der Waals surface area (Å²) in [4.78, 5) is 32.5. The predicted molar refractivity (Wildman–Crippen MR) is 124 cm³/mol. The zero-order valence-corrected chi connectivity index (χ0v) is 19.0. The van der Waals surface area contributed by atoms with Crippen LogP contribution in [-0.4, -0.2) is 48.5 Å². The number of benzene rings is 2. The van der Waals surface area contributed by atoms with Crippen molar-refractivity contribution in [2.45, 2.75) is 30.6 Å². The Morgan fingerprint density at radius 2 is 1.85 bits per heavy atom. The molecule has 1 saturated heterocycles. The molecule has 1 amide bonds. The van der Waals surface area contributed by atoms with Gasteiger partial charge in [0.2, 0.25) is 11.9 Å². The summed E-state index contributed by atoms with van der Waals surface area (Å²) in [5.74, 6) is -0.876. The summed E-state index contributed by atoms with van der Waals surface area (Å²) in [7, 11) is -4.09. The smallest absolute Gasteiger partial charge is 0.339 e. The largest absolute Gasteiger partial charge is 0.481 e. The summed E-state index contributed by atoms with van der Waals surface area (Å²) in [5, 5.41) is 12.0. The summed E-state index contributed by atoms with van der Waals surface area (Å²) >= 11 is 0. The second-order valence-electron chi connectivity index (χ2n) is 8.68. The quantitative estimate of drug-likeness (QED) is 0.435. The summed E-state index contributed by atoms with van der Waals surface area (Å²) in [6.07, 6.45) is 3.16. The molecule has 5 rings (SSSR count). The van der Waals surface area contributed by atoms with Crippen molar-refractivity contribution in [3.05, 3.63) is 42.5 Å². The van der Waals surface area contributed by atoms with Gasteiger partial charge in [-0.2, -0.15) is 8.42 Å². The lowest BCUT2D eigenvalue weighted by molar-refractivity contribution is -0.142. The zero-order chi connectivity index (χ0) is 23.9. The summed E-state index contributed by atoms with van der Waals surface area (Å²) < 4.78 is 30.9. The van der Waals surface area contributed by atoms with Crippen LogP contribution in [0.25, 0.3) is 11.0 Å². The molecular weight excluding hydrogens is 460 g/mol. The normalized spacial score (nSPS) is 18.6. The minimum absolute atomic E-state index is 0.0115. The van der Waals surface area contributed by atoms with Crippen molar-refractivity contribution in [2.24, 2.45) is 11.8 Å². The number of aliphatic carboxylic acids is 1. The topological polar surface area (TPSA) is 142 Å². The number of carboxylic acid groups (broad SMARTS) is 1. The number of rotatable bonds is 7. The first-order chi connectivity index (χ1) is 16.3. The number of imidazole rings is 1. The molecule has 10 nitrogen and oxygen atoms in total. The molecule has 178 valence electrons. The van der Waals surface area contributed by atoms with E-state index in [-0.39, 0.29) is 22.5 Å². The number of amides is 1. The maximum absolute atomic E-state index is 12.8. The summed E-state index contributed by atoms with van der Waals surface area (Å²) in [5.41, 5.74) is 1.87. The lowest BCUT2D eigenvalue weighted by Gasteiger charge is -2.32. The second-order valence-corrected chi connectivity index (χ2v) is 10.2. The predicted octanol–water partition coefficient (Wildman–Crippen LogP) is 2.98. The van der Waals surface area contributed by atoms with Crippen LogP contribution in [0.5, 0.6) is 5.75 Å². The summed E-state index contributed by atoms with van der Waals surface area (Å²) in [6.45, 7) is 1.11. The van der Waals surface area contributed by atoms with E-state index in [0.717, 1.165) is 31.5 Å². The van der Waals surface area contributed by atoms with Gasteiger partial charge in [-0.25, -0.2) is 4.98 Å². The van der Waals surface area contributed by atoms with Gasteiger partial charge in [-0.1, -0.05) is 0 Å². The molecule has 1 aliphatic heterocycles. The Morgan fingerprint density at radius 3 is 2.56 bits per heavy atom. The Kier molecular flexibility index (Phi) is 5.64. The lowest BCUT2D eigenvalue weighted by atomic mass is 9.98. The van der Waals surface area contributed by atoms with Crippen LogP contribution in [0, 0.1) is 11.8 Å². The van der Waals surface area contributed by atoms with E-state index in [1.807, 2.05) is 4.90 Å². The van der Waals surface area contributed by atoms with Gasteiger partial charge in [0.15, 0.2) is 0 Å². The number of nitrogens with zero attached hydrogens (tertiary/aromatic N) is 2. The van der Waals surface area contributed by atoms with E-state index < -0.39 is 22.0 Å². The first kappa shape index (κ1) is 22.2. The van der Waals surface area contributed by atoms with Crippen molar-refractivity contribution in [3.8, 4) is 5.75 Å². The van der Waals surface area contributed by atoms with E-state index in [4.69, 9.17) is 4.18 Å². The fourth-order valence-corrected chi connectivity index (χ4v) is 5.00. The molecule has 2 aromatic carbocycles. The molecule has 3 N–H and O–H groups in total. The fraction of sp³-hybridized carbons (Fsp3) is 0.348. The molecule has 1 aromatic heterocycles. The Morgan fingerprint density at radius 1 is 1.09 bits per heavy atom. The van der Waals surface area contributed by atoms with E-state index in [9.17, 15) is 23.1 Å². The highest BCUT2D eigenvalue weighted by Crippen LogP contribution is 2.31. The van der Waals surface area contributed by atoms with Gasteiger partial charge >= 0.3 is 16.1 Å². The number of aromatic amines is 1. The third-order valence-corrected chi connectivity index (χ3v) is 7.37. The molecule has 0 radical (unpaired) electrons. The Bertz CT molecular complexity index is 1350. The van der Waals surface area contributed by atoms with Crippen molar-refractivity contribution in [2.75, 3.05) is 23.3 Å². The number of hydrogen-bond acceptors (Lipinski definition) is 7. The maximum atomic E-state index is 12.8. The standard InChI is InChI=1S/C23H24N4O6S/c28-21(14-3-4-14)26-23-24-19-10-7-17(12-20(19)25-23)33-34(31,32)18-8-5-16(6-9-18)27-11-1-2-15(13-27)22(29)30/h5-10,12,14-15H,1-4,11,13H2,(H,29,30)(H2,24,25,26,28). The number of hydrogen-bond donors (Lipinski definition) is 3. The third-order valence-electron chi connectivity index (χ3n) is 6.11. The Balaban J connectivity index is 1.29. The third kappa shape index (κ3) is 4.69. The van der Waals surface area contributed by atoms with E-state index in [1.165, 1.54) is 24.3 Å². The van der Waals surface area contributed by atoms with Crippen LogP contribution in [0.4, 0.5) is 11.6 Å². The highest BCUT2D eigenvalue weighted by atomic mass is 32.2. The van der Waals surface area contributed by atoms with Crippen LogP contribution in [0.1, 0.15) is 25.7 Å². The fourth-order valence-electron chi connectivity index (χ4n) is 4.07. The molecule has 1 aliphatic carbocycles. The second kappa shape index (κ2) is 8.64. The van der Waals surface area contributed by atoms with Gasteiger partial charge in [0.05, 0.1) is 17.0 Å².